The van der Waals surface area contributed by atoms with Gasteiger partial charge in [-0.1, -0.05) is 18.2 Å². The first kappa shape index (κ1) is 18.8. The van der Waals surface area contributed by atoms with Gasteiger partial charge in [0.05, 0.1) is 6.54 Å². The number of nitrogens with zero attached hydrogens (tertiary/aromatic N) is 3. The third-order valence-electron chi connectivity index (χ3n) is 4.90. The molecule has 2 aromatic rings. The molecule has 1 saturated heterocycles. The molecule has 1 aliphatic heterocycles. The number of benzene rings is 1. The van der Waals surface area contributed by atoms with Crippen molar-refractivity contribution in [2.45, 2.75) is 13.8 Å². The van der Waals surface area contributed by atoms with E-state index in [1.54, 1.807) is 6.07 Å². The summed E-state index contributed by atoms with van der Waals surface area (Å²) >= 11 is 0. The summed E-state index contributed by atoms with van der Waals surface area (Å²) in [4.78, 5) is 31.8. The van der Waals surface area contributed by atoms with Crippen molar-refractivity contribution >= 4 is 23.4 Å². The normalized spacial score (nSPS) is 14.8. The molecular weight excluding hydrogens is 344 g/mol. The lowest BCUT2D eigenvalue weighted by Gasteiger charge is -2.35. The average Bonchev–Trinajstić information content (AvgIpc) is 2.66. The van der Waals surface area contributed by atoms with E-state index in [0.717, 1.165) is 29.9 Å². The molecule has 1 amide bonds. The number of anilines is 2. The van der Waals surface area contributed by atoms with Crippen LogP contribution in [-0.4, -0.2) is 59.6 Å². The molecule has 3 rings (SSSR count). The van der Waals surface area contributed by atoms with Gasteiger partial charge in [0.2, 0.25) is 5.91 Å². The van der Waals surface area contributed by atoms with Crippen molar-refractivity contribution in [2.75, 3.05) is 42.9 Å². The predicted octanol–water partition coefficient (Wildman–Crippen LogP) is 2.16. The summed E-state index contributed by atoms with van der Waals surface area (Å²) in [6, 6.07) is 10.9. The van der Waals surface area contributed by atoms with E-state index in [4.69, 9.17) is 5.11 Å². The van der Waals surface area contributed by atoms with Crippen LogP contribution in [0.4, 0.5) is 11.5 Å². The minimum absolute atomic E-state index is 0.0249. The quantitative estimate of drug-likeness (QED) is 0.841. The molecule has 7 nitrogen and oxygen atoms in total. The van der Waals surface area contributed by atoms with Gasteiger partial charge in [-0.2, -0.15) is 0 Å². The molecule has 1 aliphatic rings. The lowest BCUT2D eigenvalue weighted by molar-refractivity contribution is -0.117. The van der Waals surface area contributed by atoms with E-state index in [2.05, 4.69) is 15.2 Å². The third kappa shape index (κ3) is 4.62. The Hall–Kier alpha value is -2.93. The number of carbonyl (C=O) groups is 2. The SMILES string of the molecule is Cc1cccc(NC(=O)CN2CCN(c3cccc(C(=O)O)n3)CC2)c1C. The molecule has 142 valence electrons. The molecule has 0 saturated carbocycles. The molecule has 27 heavy (non-hydrogen) atoms. The van der Waals surface area contributed by atoms with Crippen molar-refractivity contribution in [3.05, 3.63) is 53.2 Å². The van der Waals surface area contributed by atoms with Gasteiger partial charge in [-0.25, -0.2) is 9.78 Å². The molecule has 0 bridgehead atoms. The smallest absolute Gasteiger partial charge is 0.354 e. The number of carboxylic acids is 1. The number of aromatic carboxylic acids is 1. The highest BCUT2D eigenvalue weighted by atomic mass is 16.4. The van der Waals surface area contributed by atoms with Crippen LogP contribution in [-0.2, 0) is 4.79 Å². The Morgan fingerprint density at radius 3 is 2.48 bits per heavy atom. The van der Waals surface area contributed by atoms with E-state index in [-0.39, 0.29) is 11.6 Å². The van der Waals surface area contributed by atoms with Crippen LogP contribution in [0.3, 0.4) is 0 Å². The average molecular weight is 368 g/mol. The fourth-order valence-electron chi connectivity index (χ4n) is 3.13. The van der Waals surface area contributed by atoms with Crippen LogP contribution in [0.2, 0.25) is 0 Å². The van der Waals surface area contributed by atoms with E-state index in [0.29, 0.717) is 25.5 Å². The van der Waals surface area contributed by atoms with Gasteiger partial charge in [0.1, 0.15) is 5.82 Å². The Balaban J connectivity index is 1.53. The van der Waals surface area contributed by atoms with Gasteiger partial charge < -0.3 is 15.3 Å². The highest BCUT2D eigenvalue weighted by Gasteiger charge is 2.21. The number of rotatable bonds is 5. The standard InChI is InChI=1S/C20H24N4O3/c1-14-5-3-6-16(15(14)2)22-19(25)13-23-9-11-24(12-10-23)18-8-4-7-17(21-18)20(26)27/h3-8H,9-13H2,1-2H3,(H,22,25)(H,26,27). The Morgan fingerprint density at radius 2 is 1.78 bits per heavy atom. The molecule has 2 heterocycles. The van der Waals surface area contributed by atoms with Crippen LogP contribution in [0.15, 0.2) is 36.4 Å². The maximum absolute atomic E-state index is 12.4. The minimum atomic E-state index is -1.03. The van der Waals surface area contributed by atoms with Gasteiger partial charge in [-0.05, 0) is 43.2 Å². The first-order valence-corrected chi connectivity index (χ1v) is 8.98. The van der Waals surface area contributed by atoms with E-state index in [1.165, 1.54) is 6.07 Å². The number of hydrogen-bond acceptors (Lipinski definition) is 5. The number of carboxylic acid groups (broad SMARTS) is 1. The minimum Gasteiger partial charge on any atom is -0.477 e. The first-order chi connectivity index (χ1) is 12.9. The molecule has 0 radical (unpaired) electrons. The number of aromatic nitrogens is 1. The lowest BCUT2D eigenvalue weighted by atomic mass is 10.1. The Bertz CT molecular complexity index is 845. The van der Waals surface area contributed by atoms with E-state index < -0.39 is 5.97 Å². The molecule has 1 aromatic carbocycles. The van der Waals surface area contributed by atoms with Crippen molar-refractivity contribution in [2.24, 2.45) is 0 Å². The fraction of sp³-hybridized carbons (Fsp3) is 0.350. The van der Waals surface area contributed by atoms with Crippen molar-refractivity contribution in [3.63, 3.8) is 0 Å². The number of aryl methyl sites for hydroxylation is 1. The molecule has 2 N–H and O–H groups in total. The topological polar surface area (TPSA) is 85.8 Å². The zero-order valence-electron chi connectivity index (χ0n) is 15.6. The molecule has 1 fully saturated rings. The van der Waals surface area contributed by atoms with Crippen molar-refractivity contribution in [1.82, 2.24) is 9.88 Å². The van der Waals surface area contributed by atoms with Crippen LogP contribution in [0.25, 0.3) is 0 Å². The Morgan fingerprint density at radius 1 is 1.07 bits per heavy atom. The second kappa shape index (κ2) is 8.18. The number of nitrogens with one attached hydrogen (secondary N) is 1. The number of amides is 1. The van der Waals surface area contributed by atoms with E-state index in [9.17, 15) is 9.59 Å². The summed E-state index contributed by atoms with van der Waals surface area (Å²) in [7, 11) is 0. The Kier molecular flexibility index (Phi) is 5.71. The second-order valence-corrected chi connectivity index (χ2v) is 6.75. The number of pyridine rings is 1. The van der Waals surface area contributed by atoms with E-state index in [1.807, 2.05) is 43.0 Å². The van der Waals surface area contributed by atoms with Gasteiger partial charge >= 0.3 is 5.97 Å². The highest BCUT2D eigenvalue weighted by molar-refractivity contribution is 5.93. The predicted molar refractivity (Wildman–Crippen MR) is 104 cm³/mol. The third-order valence-corrected chi connectivity index (χ3v) is 4.90. The van der Waals surface area contributed by atoms with E-state index >= 15 is 0 Å². The second-order valence-electron chi connectivity index (χ2n) is 6.75. The van der Waals surface area contributed by atoms with Gasteiger partial charge in [0, 0.05) is 31.9 Å². The van der Waals surface area contributed by atoms with Crippen LogP contribution >= 0.6 is 0 Å². The van der Waals surface area contributed by atoms with Gasteiger partial charge in [-0.3, -0.25) is 9.69 Å². The van der Waals surface area contributed by atoms with Gasteiger partial charge in [0.25, 0.3) is 0 Å². The van der Waals surface area contributed by atoms with Crippen molar-refractivity contribution in [1.29, 1.82) is 0 Å². The van der Waals surface area contributed by atoms with Crippen molar-refractivity contribution < 1.29 is 14.7 Å². The monoisotopic (exact) mass is 368 g/mol. The van der Waals surface area contributed by atoms with Crippen LogP contribution in [0.1, 0.15) is 21.6 Å². The van der Waals surface area contributed by atoms with Crippen LogP contribution < -0.4 is 10.2 Å². The number of hydrogen-bond donors (Lipinski definition) is 2. The lowest BCUT2D eigenvalue weighted by Crippen LogP contribution is -2.49. The maximum Gasteiger partial charge on any atom is 0.354 e. The van der Waals surface area contributed by atoms with Crippen LogP contribution in [0.5, 0.6) is 0 Å². The summed E-state index contributed by atoms with van der Waals surface area (Å²) in [5, 5.41) is 12.1. The fourth-order valence-corrected chi connectivity index (χ4v) is 3.13. The van der Waals surface area contributed by atoms with Crippen molar-refractivity contribution in [3.8, 4) is 0 Å². The molecule has 1 aromatic heterocycles. The summed E-state index contributed by atoms with van der Waals surface area (Å²) in [6.07, 6.45) is 0. The molecule has 0 aliphatic carbocycles. The first-order valence-electron chi connectivity index (χ1n) is 8.98. The molecule has 0 unspecified atom stereocenters. The molecule has 7 heteroatoms. The summed E-state index contributed by atoms with van der Waals surface area (Å²) < 4.78 is 0. The molecule has 0 spiro atoms. The van der Waals surface area contributed by atoms with Gasteiger partial charge in [0.15, 0.2) is 5.69 Å². The van der Waals surface area contributed by atoms with Crippen LogP contribution in [0, 0.1) is 13.8 Å². The summed E-state index contributed by atoms with van der Waals surface area (Å²) in [5.74, 6) is -0.392. The molecule has 0 atom stereocenters. The maximum atomic E-state index is 12.4. The number of piperazine rings is 1. The summed E-state index contributed by atoms with van der Waals surface area (Å²) in [5.41, 5.74) is 3.13. The Labute approximate surface area is 158 Å². The zero-order chi connectivity index (χ0) is 19.4. The number of carbonyl (C=O) groups excluding carboxylic acids is 1. The largest absolute Gasteiger partial charge is 0.477 e. The highest BCUT2D eigenvalue weighted by Crippen LogP contribution is 2.18. The van der Waals surface area contributed by atoms with Gasteiger partial charge in [-0.15, -0.1) is 0 Å². The summed E-state index contributed by atoms with van der Waals surface area (Å²) in [6.45, 7) is 7.21. The zero-order valence-corrected chi connectivity index (χ0v) is 15.6. The molecular formula is C20H24N4O3.